The number of nitrogens with zero attached hydrogens (tertiary/aromatic N) is 4. The van der Waals surface area contributed by atoms with Crippen LogP contribution in [0.3, 0.4) is 0 Å². The molecule has 10 rings (SSSR count). The van der Waals surface area contributed by atoms with Gasteiger partial charge in [0, 0.05) is 50.3 Å². The smallest absolute Gasteiger partial charge is 0.0965 e. The SMILES string of the molecule is C1=Cc2cccc3cc4c(c(c23)C1)c1ccccc1n4-c1cnc(-c2cnc3c(ccc4cccnc43)c2)c2ccccc12. The predicted molar refractivity (Wildman–Crippen MR) is 182 cm³/mol. The minimum absolute atomic E-state index is 0.909. The molecule has 44 heavy (non-hydrogen) atoms. The van der Waals surface area contributed by atoms with Gasteiger partial charge in [-0.2, -0.15) is 0 Å². The molecule has 4 heterocycles. The summed E-state index contributed by atoms with van der Waals surface area (Å²) >= 11 is 0. The van der Waals surface area contributed by atoms with Crippen LogP contribution in [-0.4, -0.2) is 19.5 Å². The normalized spacial score (nSPS) is 12.8. The lowest BCUT2D eigenvalue weighted by atomic mass is 9.90. The van der Waals surface area contributed by atoms with E-state index in [1.165, 1.54) is 43.7 Å². The molecule has 0 N–H and O–H groups in total. The molecular formula is C40H24N4. The van der Waals surface area contributed by atoms with Crippen molar-refractivity contribution in [3.05, 3.63) is 139 Å². The van der Waals surface area contributed by atoms with Gasteiger partial charge < -0.3 is 4.57 Å². The summed E-state index contributed by atoms with van der Waals surface area (Å²) in [5.41, 5.74) is 9.94. The summed E-state index contributed by atoms with van der Waals surface area (Å²) in [6.45, 7) is 0. The minimum Gasteiger partial charge on any atom is -0.307 e. The zero-order valence-corrected chi connectivity index (χ0v) is 23.7. The van der Waals surface area contributed by atoms with Gasteiger partial charge in [-0.1, -0.05) is 91.0 Å². The van der Waals surface area contributed by atoms with Crippen molar-refractivity contribution in [1.82, 2.24) is 19.5 Å². The molecule has 1 aliphatic carbocycles. The highest BCUT2D eigenvalue weighted by molar-refractivity contribution is 6.18. The van der Waals surface area contributed by atoms with Crippen molar-refractivity contribution < 1.29 is 0 Å². The van der Waals surface area contributed by atoms with E-state index in [1.807, 2.05) is 24.7 Å². The molecular weight excluding hydrogens is 536 g/mol. The first kappa shape index (κ1) is 23.7. The largest absolute Gasteiger partial charge is 0.307 e. The Morgan fingerprint density at radius 3 is 2.34 bits per heavy atom. The highest BCUT2D eigenvalue weighted by Crippen LogP contribution is 2.42. The van der Waals surface area contributed by atoms with Crippen molar-refractivity contribution in [2.75, 3.05) is 0 Å². The van der Waals surface area contributed by atoms with Crippen molar-refractivity contribution in [1.29, 1.82) is 0 Å². The molecule has 0 fully saturated rings. The minimum atomic E-state index is 0.909. The fourth-order valence-corrected chi connectivity index (χ4v) is 7.40. The number of hydrogen-bond donors (Lipinski definition) is 0. The Morgan fingerprint density at radius 2 is 1.39 bits per heavy atom. The highest BCUT2D eigenvalue weighted by atomic mass is 15.0. The van der Waals surface area contributed by atoms with Crippen LogP contribution >= 0.6 is 0 Å². The third-order valence-electron chi connectivity index (χ3n) is 9.27. The van der Waals surface area contributed by atoms with Crippen LogP contribution < -0.4 is 0 Å². The van der Waals surface area contributed by atoms with E-state index in [0.717, 1.165) is 55.9 Å². The second-order valence-electron chi connectivity index (χ2n) is 11.6. The molecule has 0 unspecified atom stereocenters. The van der Waals surface area contributed by atoms with Crippen LogP contribution in [0.2, 0.25) is 0 Å². The quantitative estimate of drug-likeness (QED) is 0.198. The van der Waals surface area contributed by atoms with Gasteiger partial charge in [-0.05, 0) is 52.6 Å². The average molecular weight is 561 g/mol. The van der Waals surface area contributed by atoms with Gasteiger partial charge in [0.15, 0.2) is 0 Å². The number of para-hydroxylation sites is 1. The van der Waals surface area contributed by atoms with Gasteiger partial charge >= 0.3 is 0 Å². The van der Waals surface area contributed by atoms with E-state index < -0.39 is 0 Å². The Kier molecular flexibility index (Phi) is 4.74. The molecule has 0 aliphatic heterocycles. The zero-order valence-electron chi connectivity index (χ0n) is 23.7. The van der Waals surface area contributed by atoms with Gasteiger partial charge in [0.2, 0.25) is 0 Å². The van der Waals surface area contributed by atoms with Gasteiger partial charge in [-0.25, -0.2) is 0 Å². The first-order chi connectivity index (χ1) is 21.8. The number of fused-ring (bicyclic) bond motifs is 8. The molecule has 4 aromatic heterocycles. The molecule has 0 saturated heterocycles. The van der Waals surface area contributed by atoms with Crippen LogP contribution in [0.25, 0.3) is 88.2 Å². The third kappa shape index (κ3) is 3.20. The van der Waals surface area contributed by atoms with Gasteiger partial charge in [0.25, 0.3) is 0 Å². The van der Waals surface area contributed by atoms with Crippen molar-refractivity contribution in [2.45, 2.75) is 6.42 Å². The van der Waals surface area contributed by atoms with E-state index >= 15 is 0 Å². The Morgan fingerprint density at radius 1 is 0.568 bits per heavy atom. The van der Waals surface area contributed by atoms with Crippen LogP contribution in [0, 0.1) is 0 Å². The Hall–Kier alpha value is -5.87. The molecule has 0 spiro atoms. The molecule has 204 valence electrons. The van der Waals surface area contributed by atoms with Crippen LogP contribution in [0.4, 0.5) is 0 Å². The summed E-state index contributed by atoms with van der Waals surface area (Å²) in [6, 6.07) is 36.9. The molecule has 0 atom stereocenters. The summed E-state index contributed by atoms with van der Waals surface area (Å²) in [5.74, 6) is 0. The number of allylic oxidation sites excluding steroid dienone is 1. The summed E-state index contributed by atoms with van der Waals surface area (Å²) in [4.78, 5) is 14.7. The fourth-order valence-electron chi connectivity index (χ4n) is 7.40. The fraction of sp³-hybridized carbons (Fsp3) is 0.0250. The van der Waals surface area contributed by atoms with E-state index in [-0.39, 0.29) is 0 Å². The number of aromatic nitrogens is 4. The monoisotopic (exact) mass is 560 g/mol. The Bertz CT molecular complexity index is 2700. The summed E-state index contributed by atoms with van der Waals surface area (Å²) < 4.78 is 2.42. The number of hydrogen-bond acceptors (Lipinski definition) is 3. The first-order valence-corrected chi connectivity index (χ1v) is 15.0. The van der Waals surface area contributed by atoms with Gasteiger partial charge in [0.05, 0.1) is 39.6 Å². The zero-order chi connectivity index (χ0) is 28.8. The van der Waals surface area contributed by atoms with E-state index in [9.17, 15) is 0 Å². The topological polar surface area (TPSA) is 43.6 Å². The molecule has 0 amide bonds. The molecule has 0 radical (unpaired) electrons. The molecule has 9 aromatic rings. The Balaban J connectivity index is 1.26. The van der Waals surface area contributed by atoms with Crippen LogP contribution in [0.1, 0.15) is 11.1 Å². The lowest BCUT2D eigenvalue weighted by Gasteiger charge is -2.17. The number of rotatable bonds is 2. The summed E-state index contributed by atoms with van der Waals surface area (Å²) in [5, 5.41) is 9.65. The van der Waals surface area contributed by atoms with E-state index in [0.29, 0.717) is 0 Å². The maximum atomic E-state index is 5.16. The van der Waals surface area contributed by atoms with Crippen molar-refractivity contribution in [3.63, 3.8) is 0 Å². The third-order valence-corrected chi connectivity index (χ3v) is 9.27. The van der Waals surface area contributed by atoms with Crippen LogP contribution in [-0.2, 0) is 6.42 Å². The molecule has 1 aliphatic rings. The number of benzene rings is 5. The Labute approximate surface area is 252 Å². The maximum Gasteiger partial charge on any atom is 0.0965 e. The molecule has 5 aromatic carbocycles. The standard InChI is InChI=1S/C40H24N4/c1-2-13-30-29(12-1)35(23-43-38(30)28-20-27-18-17-25-11-7-19-41-39(25)40(27)42-22-28)44-33-16-4-3-14-31(33)37-32-15-6-9-24-8-5-10-26(36(24)32)21-34(37)44/h1-14,16-23H,15H2. The van der Waals surface area contributed by atoms with Crippen LogP contribution in [0.5, 0.6) is 0 Å². The molecule has 0 saturated carbocycles. The lowest BCUT2D eigenvalue weighted by Crippen LogP contribution is -2.00. The van der Waals surface area contributed by atoms with E-state index in [2.05, 4.69) is 119 Å². The summed E-state index contributed by atoms with van der Waals surface area (Å²) in [6.07, 6.45) is 11.3. The second-order valence-corrected chi connectivity index (χ2v) is 11.6. The molecule has 4 nitrogen and oxygen atoms in total. The van der Waals surface area contributed by atoms with Crippen LogP contribution in [0.15, 0.2) is 128 Å². The van der Waals surface area contributed by atoms with Crippen molar-refractivity contribution in [2.24, 2.45) is 0 Å². The maximum absolute atomic E-state index is 5.16. The molecule has 0 bridgehead atoms. The van der Waals surface area contributed by atoms with E-state index in [1.54, 1.807) is 0 Å². The second kappa shape index (κ2) is 8.82. The van der Waals surface area contributed by atoms with Gasteiger partial charge in [-0.3, -0.25) is 15.0 Å². The first-order valence-electron chi connectivity index (χ1n) is 15.0. The predicted octanol–water partition coefficient (Wildman–Crippen LogP) is 9.82. The number of pyridine rings is 3. The van der Waals surface area contributed by atoms with E-state index in [4.69, 9.17) is 9.97 Å². The highest BCUT2D eigenvalue weighted by Gasteiger charge is 2.21. The summed E-state index contributed by atoms with van der Waals surface area (Å²) in [7, 11) is 0. The van der Waals surface area contributed by atoms with Gasteiger partial charge in [0.1, 0.15) is 0 Å². The van der Waals surface area contributed by atoms with Crippen molar-refractivity contribution in [3.8, 4) is 16.9 Å². The van der Waals surface area contributed by atoms with Crippen molar-refractivity contribution >= 4 is 71.2 Å². The average Bonchev–Trinajstić information content (AvgIpc) is 3.42. The van der Waals surface area contributed by atoms with Gasteiger partial charge in [-0.15, -0.1) is 0 Å². The molecule has 4 heteroatoms. The lowest BCUT2D eigenvalue weighted by molar-refractivity contribution is 1.16.